The zero-order valence-corrected chi connectivity index (χ0v) is 14.0. The van der Waals surface area contributed by atoms with Crippen molar-refractivity contribution in [3.8, 4) is 0 Å². The van der Waals surface area contributed by atoms with Crippen molar-refractivity contribution in [2.24, 2.45) is 5.92 Å². The molecular formula is C21H25NO. The lowest BCUT2D eigenvalue weighted by Crippen LogP contribution is -2.29. The second kappa shape index (κ2) is 6.01. The highest BCUT2D eigenvalue weighted by atomic mass is 16.5. The first-order valence-corrected chi connectivity index (χ1v) is 8.85. The van der Waals surface area contributed by atoms with Crippen molar-refractivity contribution in [2.75, 3.05) is 11.9 Å². The Kier molecular flexibility index (Phi) is 3.86. The van der Waals surface area contributed by atoms with Gasteiger partial charge in [-0.2, -0.15) is 0 Å². The van der Waals surface area contributed by atoms with Crippen LogP contribution in [0.15, 0.2) is 48.5 Å². The van der Waals surface area contributed by atoms with E-state index in [-0.39, 0.29) is 6.10 Å². The van der Waals surface area contributed by atoms with E-state index in [0.29, 0.717) is 17.9 Å². The molecule has 2 aromatic carbocycles. The summed E-state index contributed by atoms with van der Waals surface area (Å²) in [6.45, 7) is 5.42. The molecule has 0 bridgehead atoms. The SMILES string of the molecule is CCC(C)c1ccc2c(c1)C1OCCC1C(c1ccccc1)N2. The highest BCUT2D eigenvalue weighted by Crippen LogP contribution is 2.50. The van der Waals surface area contributed by atoms with Crippen molar-refractivity contribution in [1.29, 1.82) is 0 Å². The fourth-order valence-electron chi connectivity index (χ4n) is 4.02. The van der Waals surface area contributed by atoms with E-state index in [2.05, 4.69) is 67.7 Å². The van der Waals surface area contributed by atoms with E-state index in [1.54, 1.807) is 0 Å². The third-order valence-corrected chi connectivity index (χ3v) is 5.60. The first kappa shape index (κ1) is 14.8. The molecule has 0 saturated carbocycles. The average molecular weight is 307 g/mol. The Bertz CT molecular complexity index is 681. The van der Waals surface area contributed by atoms with Gasteiger partial charge in [0, 0.05) is 23.8 Å². The van der Waals surface area contributed by atoms with Gasteiger partial charge in [-0.05, 0) is 36.0 Å². The van der Waals surface area contributed by atoms with E-state index in [4.69, 9.17) is 4.74 Å². The van der Waals surface area contributed by atoms with Crippen molar-refractivity contribution in [3.05, 3.63) is 65.2 Å². The number of hydrogen-bond acceptors (Lipinski definition) is 2. The van der Waals surface area contributed by atoms with Crippen LogP contribution in [0.2, 0.25) is 0 Å². The lowest BCUT2D eigenvalue weighted by molar-refractivity contribution is 0.0828. The molecule has 0 spiro atoms. The van der Waals surface area contributed by atoms with Gasteiger partial charge in [0.25, 0.3) is 0 Å². The number of anilines is 1. The lowest BCUT2D eigenvalue weighted by atomic mass is 9.80. The topological polar surface area (TPSA) is 21.3 Å². The molecule has 0 amide bonds. The average Bonchev–Trinajstić information content (AvgIpc) is 3.10. The highest BCUT2D eigenvalue weighted by molar-refractivity contribution is 5.58. The van der Waals surface area contributed by atoms with Crippen LogP contribution < -0.4 is 5.32 Å². The summed E-state index contributed by atoms with van der Waals surface area (Å²) in [5.74, 6) is 1.13. The third kappa shape index (κ3) is 2.55. The van der Waals surface area contributed by atoms with Crippen molar-refractivity contribution in [3.63, 3.8) is 0 Å². The summed E-state index contributed by atoms with van der Waals surface area (Å²) < 4.78 is 6.16. The van der Waals surface area contributed by atoms with Crippen LogP contribution in [0.5, 0.6) is 0 Å². The van der Waals surface area contributed by atoms with Crippen molar-refractivity contribution >= 4 is 5.69 Å². The first-order valence-electron chi connectivity index (χ1n) is 8.85. The molecular weight excluding hydrogens is 282 g/mol. The Balaban J connectivity index is 1.73. The molecule has 2 heterocycles. The fourth-order valence-corrected chi connectivity index (χ4v) is 4.02. The number of fused-ring (bicyclic) bond motifs is 3. The molecule has 2 aliphatic rings. The predicted molar refractivity (Wildman–Crippen MR) is 94.8 cm³/mol. The van der Waals surface area contributed by atoms with Crippen LogP contribution in [-0.2, 0) is 4.74 Å². The van der Waals surface area contributed by atoms with Crippen LogP contribution in [0.4, 0.5) is 5.69 Å². The Morgan fingerprint density at radius 2 is 2.00 bits per heavy atom. The maximum atomic E-state index is 6.16. The van der Waals surface area contributed by atoms with Gasteiger partial charge in [-0.25, -0.2) is 0 Å². The number of ether oxygens (including phenoxy) is 1. The van der Waals surface area contributed by atoms with Crippen molar-refractivity contribution < 1.29 is 4.74 Å². The molecule has 4 atom stereocenters. The fraction of sp³-hybridized carbons (Fsp3) is 0.429. The normalized spacial score (nSPS) is 27.0. The Morgan fingerprint density at radius 1 is 1.17 bits per heavy atom. The molecule has 4 rings (SSSR count). The van der Waals surface area contributed by atoms with Gasteiger partial charge in [-0.1, -0.05) is 56.3 Å². The van der Waals surface area contributed by atoms with Gasteiger partial charge < -0.3 is 10.1 Å². The quantitative estimate of drug-likeness (QED) is 0.814. The number of rotatable bonds is 3. The molecule has 2 aliphatic heterocycles. The molecule has 0 aromatic heterocycles. The Hall–Kier alpha value is -1.80. The molecule has 2 nitrogen and oxygen atoms in total. The summed E-state index contributed by atoms with van der Waals surface area (Å²) in [5.41, 5.74) is 5.40. The second-order valence-electron chi connectivity index (χ2n) is 6.93. The minimum Gasteiger partial charge on any atom is -0.378 e. The zero-order chi connectivity index (χ0) is 15.8. The van der Waals surface area contributed by atoms with Gasteiger partial charge in [0.15, 0.2) is 0 Å². The molecule has 1 N–H and O–H groups in total. The summed E-state index contributed by atoms with van der Waals surface area (Å²) in [6.07, 6.45) is 2.54. The summed E-state index contributed by atoms with van der Waals surface area (Å²) in [4.78, 5) is 0. The monoisotopic (exact) mass is 307 g/mol. The maximum absolute atomic E-state index is 6.16. The van der Waals surface area contributed by atoms with Gasteiger partial charge >= 0.3 is 0 Å². The summed E-state index contributed by atoms with van der Waals surface area (Å²) >= 11 is 0. The van der Waals surface area contributed by atoms with Crippen LogP contribution in [0.1, 0.15) is 61.4 Å². The van der Waals surface area contributed by atoms with E-state index in [1.807, 2.05) is 0 Å². The largest absolute Gasteiger partial charge is 0.378 e. The summed E-state index contributed by atoms with van der Waals surface area (Å²) in [5, 5.41) is 3.79. The minimum atomic E-state index is 0.237. The molecule has 1 saturated heterocycles. The van der Waals surface area contributed by atoms with Gasteiger partial charge in [0.1, 0.15) is 0 Å². The maximum Gasteiger partial charge on any atom is 0.0896 e. The van der Waals surface area contributed by atoms with E-state index in [1.165, 1.54) is 28.8 Å². The smallest absolute Gasteiger partial charge is 0.0896 e. The summed E-state index contributed by atoms with van der Waals surface area (Å²) in [6, 6.07) is 18.1. The van der Waals surface area contributed by atoms with Gasteiger partial charge in [0.2, 0.25) is 0 Å². The van der Waals surface area contributed by atoms with E-state index >= 15 is 0 Å². The number of benzene rings is 2. The van der Waals surface area contributed by atoms with E-state index in [9.17, 15) is 0 Å². The zero-order valence-electron chi connectivity index (χ0n) is 14.0. The molecule has 0 aliphatic carbocycles. The predicted octanol–water partition coefficient (Wildman–Crippen LogP) is 5.44. The molecule has 2 aromatic rings. The van der Waals surface area contributed by atoms with Crippen LogP contribution in [0, 0.1) is 5.92 Å². The van der Waals surface area contributed by atoms with Gasteiger partial charge in [-0.15, -0.1) is 0 Å². The van der Waals surface area contributed by atoms with Crippen LogP contribution in [0.25, 0.3) is 0 Å². The Morgan fingerprint density at radius 3 is 2.78 bits per heavy atom. The first-order chi connectivity index (χ1) is 11.3. The van der Waals surface area contributed by atoms with Crippen LogP contribution in [0.3, 0.4) is 0 Å². The minimum absolute atomic E-state index is 0.237. The van der Waals surface area contributed by atoms with E-state index < -0.39 is 0 Å². The van der Waals surface area contributed by atoms with Crippen LogP contribution in [-0.4, -0.2) is 6.61 Å². The summed E-state index contributed by atoms with van der Waals surface area (Å²) in [7, 11) is 0. The third-order valence-electron chi connectivity index (χ3n) is 5.60. The standard InChI is InChI=1S/C21H25NO/c1-3-14(2)16-9-10-19-18(13-16)21-17(11-12-23-21)20(22-19)15-7-5-4-6-8-15/h4-10,13-14,17,20-22H,3,11-12H2,1-2H3. The molecule has 2 heteroatoms. The number of nitrogens with one attached hydrogen (secondary N) is 1. The number of hydrogen-bond donors (Lipinski definition) is 1. The lowest BCUT2D eigenvalue weighted by Gasteiger charge is -2.37. The molecule has 4 unspecified atom stereocenters. The van der Waals surface area contributed by atoms with Crippen molar-refractivity contribution in [2.45, 2.75) is 44.8 Å². The van der Waals surface area contributed by atoms with Crippen LogP contribution >= 0.6 is 0 Å². The molecule has 0 radical (unpaired) electrons. The molecule has 120 valence electrons. The van der Waals surface area contributed by atoms with E-state index in [0.717, 1.165) is 13.0 Å². The van der Waals surface area contributed by atoms with Crippen molar-refractivity contribution in [1.82, 2.24) is 0 Å². The second-order valence-corrected chi connectivity index (χ2v) is 6.93. The molecule has 1 fully saturated rings. The Labute approximate surface area is 138 Å². The van der Waals surface area contributed by atoms with Gasteiger partial charge in [-0.3, -0.25) is 0 Å². The molecule has 23 heavy (non-hydrogen) atoms. The highest BCUT2D eigenvalue weighted by Gasteiger charge is 2.41. The van der Waals surface area contributed by atoms with Gasteiger partial charge in [0.05, 0.1) is 12.1 Å².